The van der Waals surface area contributed by atoms with E-state index in [4.69, 9.17) is 4.74 Å². The van der Waals surface area contributed by atoms with Crippen LogP contribution in [0.1, 0.15) is 54.3 Å². The summed E-state index contributed by atoms with van der Waals surface area (Å²) in [6.07, 6.45) is 0.470. The number of esters is 1. The van der Waals surface area contributed by atoms with Gasteiger partial charge in [0, 0.05) is 46.5 Å². The molecule has 2 amide bonds. The van der Waals surface area contributed by atoms with E-state index in [0.29, 0.717) is 22.9 Å². The molecule has 0 bridgehead atoms. The molecule has 6 heteroatoms. The molecule has 0 saturated heterocycles. The maximum absolute atomic E-state index is 13.5. The predicted octanol–water partition coefficient (Wildman–Crippen LogP) is 8.69. The molecule has 6 rings (SSSR count). The quantitative estimate of drug-likeness (QED) is 0.135. The Morgan fingerprint density at radius 2 is 1.20 bits per heavy atom. The molecule has 0 radical (unpaired) electrons. The number of para-hydroxylation sites is 2. The van der Waals surface area contributed by atoms with Crippen molar-refractivity contribution in [2.45, 2.75) is 39.2 Å². The number of hydrogen-bond donors (Lipinski definition) is 0. The van der Waals surface area contributed by atoms with Crippen molar-refractivity contribution in [1.29, 1.82) is 0 Å². The van der Waals surface area contributed by atoms with Crippen LogP contribution < -0.4 is 4.90 Å². The molecule has 6 nitrogen and oxygen atoms in total. The minimum absolute atomic E-state index is 0.131. The highest BCUT2D eigenvalue weighted by molar-refractivity contribution is 6.27. The molecule has 0 saturated carbocycles. The van der Waals surface area contributed by atoms with E-state index in [9.17, 15) is 14.4 Å². The fourth-order valence-electron chi connectivity index (χ4n) is 5.77. The summed E-state index contributed by atoms with van der Waals surface area (Å²) in [6, 6.07) is 38.2. The number of anilines is 3. The number of carbonyl (C=O) groups is 3. The molecule has 44 heavy (non-hydrogen) atoms. The molecule has 1 heterocycles. The van der Waals surface area contributed by atoms with E-state index in [-0.39, 0.29) is 30.7 Å². The highest BCUT2D eigenvalue weighted by Gasteiger charge is 2.33. The third-order valence-electron chi connectivity index (χ3n) is 7.64. The van der Waals surface area contributed by atoms with E-state index in [1.54, 1.807) is 6.07 Å². The Hall–Kier alpha value is -5.23. The Bertz CT molecular complexity index is 1780. The van der Waals surface area contributed by atoms with Crippen LogP contribution in [0.15, 0.2) is 115 Å². The number of amides is 2. The summed E-state index contributed by atoms with van der Waals surface area (Å²) in [7, 11) is 0. The van der Waals surface area contributed by atoms with E-state index in [2.05, 4.69) is 53.4 Å². The fraction of sp³-hybridized carbons (Fsp3) is 0.184. The molecule has 0 atom stereocenters. The lowest BCUT2D eigenvalue weighted by Crippen LogP contribution is -2.41. The first-order valence-corrected chi connectivity index (χ1v) is 14.9. The van der Waals surface area contributed by atoms with Gasteiger partial charge >= 0.3 is 5.97 Å². The van der Waals surface area contributed by atoms with Crippen molar-refractivity contribution in [2.24, 2.45) is 0 Å². The second-order valence-corrected chi connectivity index (χ2v) is 11.9. The van der Waals surface area contributed by atoms with Crippen LogP contribution in [0.2, 0.25) is 0 Å². The van der Waals surface area contributed by atoms with Crippen LogP contribution in [0.3, 0.4) is 0 Å². The maximum atomic E-state index is 13.5. The normalized spacial score (nSPS) is 12.8. The first kappa shape index (κ1) is 28.9. The average Bonchev–Trinajstić information content (AvgIpc) is 3.02. The van der Waals surface area contributed by atoms with Gasteiger partial charge in [0.25, 0.3) is 11.8 Å². The van der Waals surface area contributed by atoms with Crippen LogP contribution in [-0.4, -0.2) is 34.8 Å². The van der Waals surface area contributed by atoms with Crippen molar-refractivity contribution in [3.8, 4) is 11.1 Å². The van der Waals surface area contributed by atoms with Crippen LogP contribution in [0.4, 0.5) is 17.1 Å². The molecule has 0 N–H and O–H groups in total. The second-order valence-electron chi connectivity index (χ2n) is 11.9. The summed E-state index contributed by atoms with van der Waals surface area (Å²) in [4.78, 5) is 42.7. The predicted molar refractivity (Wildman–Crippen MR) is 175 cm³/mol. The van der Waals surface area contributed by atoms with Crippen LogP contribution in [-0.2, 0) is 9.53 Å². The number of hydrogen-bond acceptors (Lipinski definition) is 5. The van der Waals surface area contributed by atoms with E-state index in [1.807, 2.05) is 81.4 Å². The summed E-state index contributed by atoms with van der Waals surface area (Å²) in [6.45, 7) is 5.59. The molecular weight excluding hydrogens is 548 g/mol. The van der Waals surface area contributed by atoms with Gasteiger partial charge in [-0.15, -0.1) is 0 Å². The SMILES string of the molecule is CC(C)(C)OC(=O)CCCN1C(=O)c2cccc3c(-c4ccc(N(c5ccccc5)c5ccccc5)cc4)ccc(c23)C1=O. The van der Waals surface area contributed by atoms with Crippen molar-refractivity contribution in [2.75, 3.05) is 11.4 Å². The van der Waals surface area contributed by atoms with Gasteiger partial charge < -0.3 is 9.64 Å². The van der Waals surface area contributed by atoms with Gasteiger partial charge in [0.1, 0.15) is 5.60 Å². The second kappa shape index (κ2) is 11.8. The summed E-state index contributed by atoms with van der Waals surface area (Å²) in [5.74, 6) is -1.03. The fourth-order valence-corrected chi connectivity index (χ4v) is 5.77. The van der Waals surface area contributed by atoms with Crippen molar-refractivity contribution in [3.63, 3.8) is 0 Å². The van der Waals surface area contributed by atoms with Crippen molar-refractivity contribution in [1.82, 2.24) is 4.90 Å². The van der Waals surface area contributed by atoms with E-state index in [0.717, 1.165) is 33.6 Å². The van der Waals surface area contributed by atoms with Crippen LogP contribution >= 0.6 is 0 Å². The highest BCUT2D eigenvalue weighted by atomic mass is 16.6. The van der Waals surface area contributed by atoms with Crippen molar-refractivity contribution >= 4 is 45.6 Å². The average molecular weight is 583 g/mol. The first-order chi connectivity index (χ1) is 21.2. The highest BCUT2D eigenvalue weighted by Crippen LogP contribution is 2.39. The molecule has 1 aliphatic rings. The maximum Gasteiger partial charge on any atom is 0.306 e. The number of rotatable bonds is 8. The molecule has 220 valence electrons. The summed E-state index contributed by atoms with van der Waals surface area (Å²) >= 11 is 0. The molecule has 0 fully saturated rings. The molecule has 5 aromatic carbocycles. The monoisotopic (exact) mass is 582 g/mol. The van der Waals surface area contributed by atoms with Gasteiger partial charge in [-0.1, -0.05) is 66.7 Å². The zero-order valence-electron chi connectivity index (χ0n) is 25.1. The van der Waals surface area contributed by atoms with Crippen molar-refractivity contribution < 1.29 is 19.1 Å². The number of nitrogens with zero attached hydrogens (tertiary/aromatic N) is 2. The van der Waals surface area contributed by atoms with Gasteiger partial charge in [-0.3, -0.25) is 19.3 Å². The van der Waals surface area contributed by atoms with Gasteiger partial charge in [-0.05, 0) is 92.2 Å². The Morgan fingerprint density at radius 1 is 0.659 bits per heavy atom. The van der Waals surface area contributed by atoms with Gasteiger partial charge in [0.05, 0.1) is 0 Å². The van der Waals surface area contributed by atoms with Gasteiger partial charge in [0.15, 0.2) is 0 Å². The van der Waals surface area contributed by atoms with E-state index >= 15 is 0 Å². The Morgan fingerprint density at radius 3 is 1.80 bits per heavy atom. The molecule has 0 unspecified atom stereocenters. The Labute approximate surface area is 257 Å². The molecule has 1 aliphatic heterocycles. The zero-order valence-corrected chi connectivity index (χ0v) is 25.1. The van der Waals surface area contributed by atoms with E-state index in [1.165, 1.54) is 4.90 Å². The summed E-state index contributed by atoms with van der Waals surface area (Å²) in [5, 5.41) is 1.52. The number of benzene rings is 5. The Kier molecular flexibility index (Phi) is 7.75. The molecular formula is C38H34N2O4. The topological polar surface area (TPSA) is 66.9 Å². The smallest absolute Gasteiger partial charge is 0.306 e. The number of ether oxygens (including phenoxy) is 1. The van der Waals surface area contributed by atoms with Crippen LogP contribution in [0, 0.1) is 0 Å². The number of imide groups is 1. The van der Waals surface area contributed by atoms with Gasteiger partial charge in [-0.25, -0.2) is 0 Å². The lowest BCUT2D eigenvalue weighted by atomic mass is 9.89. The number of carbonyl (C=O) groups excluding carboxylic acids is 3. The minimum Gasteiger partial charge on any atom is -0.460 e. The van der Waals surface area contributed by atoms with Crippen LogP contribution in [0.5, 0.6) is 0 Å². The van der Waals surface area contributed by atoms with E-state index < -0.39 is 5.60 Å². The Balaban J connectivity index is 1.29. The van der Waals surface area contributed by atoms with Gasteiger partial charge in [-0.2, -0.15) is 0 Å². The first-order valence-electron chi connectivity index (χ1n) is 14.9. The molecule has 5 aromatic rings. The summed E-state index contributed by atoms with van der Waals surface area (Å²) in [5.41, 5.74) is 5.46. The van der Waals surface area contributed by atoms with Crippen molar-refractivity contribution in [3.05, 3.63) is 126 Å². The molecule has 0 aromatic heterocycles. The zero-order chi connectivity index (χ0) is 30.8. The summed E-state index contributed by atoms with van der Waals surface area (Å²) < 4.78 is 5.37. The third kappa shape index (κ3) is 5.71. The van der Waals surface area contributed by atoms with Gasteiger partial charge in [0.2, 0.25) is 0 Å². The third-order valence-corrected chi connectivity index (χ3v) is 7.64. The standard InChI is InChI=1S/C38H34N2O4/c1-38(2,3)44-34(41)18-11-25-39-36(42)32-17-10-16-31-30(23-24-33(35(31)32)37(39)43)26-19-21-29(22-20-26)40(27-12-6-4-7-13-27)28-14-8-5-9-15-28/h4-10,12-17,19-24H,11,18,25H2,1-3H3. The van der Waals surface area contributed by atoms with Crippen LogP contribution in [0.25, 0.3) is 21.9 Å². The molecule has 0 spiro atoms. The lowest BCUT2D eigenvalue weighted by molar-refractivity contribution is -0.154. The lowest BCUT2D eigenvalue weighted by Gasteiger charge is -2.28. The minimum atomic E-state index is -0.580. The molecule has 0 aliphatic carbocycles. The largest absolute Gasteiger partial charge is 0.460 e.